The summed E-state index contributed by atoms with van der Waals surface area (Å²) in [6.45, 7) is 2.17. The number of hydrogen-bond acceptors (Lipinski definition) is 5. The van der Waals surface area contributed by atoms with E-state index in [9.17, 15) is 9.59 Å². The molecule has 132 valence electrons. The van der Waals surface area contributed by atoms with Crippen LogP contribution in [0.5, 0.6) is 11.5 Å². The summed E-state index contributed by atoms with van der Waals surface area (Å²) in [4.78, 5) is 31.4. The van der Waals surface area contributed by atoms with Crippen molar-refractivity contribution in [3.05, 3.63) is 50.4 Å². The van der Waals surface area contributed by atoms with Crippen molar-refractivity contribution in [2.75, 3.05) is 14.2 Å². The Hall–Kier alpha value is -3.03. The molecule has 0 radical (unpaired) electrons. The lowest BCUT2D eigenvalue weighted by atomic mass is 10.2. The van der Waals surface area contributed by atoms with Crippen LogP contribution in [0.4, 0.5) is 0 Å². The monoisotopic (exact) mass is 344 g/mol. The molecule has 2 heterocycles. The van der Waals surface area contributed by atoms with Crippen LogP contribution in [0, 0.1) is 0 Å². The zero-order valence-corrected chi connectivity index (χ0v) is 14.6. The summed E-state index contributed by atoms with van der Waals surface area (Å²) in [7, 11) is 4.90. The first-order chi connectivity index (χ1) is 12.0. The van der Waals surface area contributed by atoms with Gasteiger partial charge in [-0.05, 0) is 12.1 Å². The molecule has 3 rings (SSSR count). The fourth-order valence-electron chi connectivity index (χ4n) is 2.91. The Balaban J connectivity index is 2.20. The number of rotatable bonds is 5. The van der Waals surface area contributed by atoms with Crippen molar-refractivity contribution < 1.29 is 9.47 Å². The van der Waals surface area contributed by atoms with Gasteiger partial charge in [0.05, 0.1) is 20.8 Å². The minimum atomic E-state index is -0.504. The summed E-state index contributed by atoms with van der Waals surface area (Å²) in [6, 6.07) is 5.37. The molecule has 1 aromatic carbocycles. The summed E-state index contributed by atoms with van der Waals surface area (Å²) >= 11 is 0. The third kappa shape index (κ3) is 2.79. The van der Waals surface area contributed by atoms with E-state index in [0.717, 1.165) is 11.4 Å². The molecule has 0 aliphatic rings. The molecule has 0 fully saturated rings. The smallest absolute Gasteiger partial charge is 0.330 e. The number of aromatic amines is 1. The number of hydrogen-bond donors (Lipinski definition) is 1. The highest BCUT2D eigenvalue weighted by atomic mass is 16.5. The van der Waals surface area contributed by atoms with Gasteiger partial charge >= 0.3 is 5.69 Å². The van der Waals surface area contributed by atoms with E-state index in [4.69, 9.17) is 9.47 Å². The number of aryl methyl sites for hydroxylation is 2. The molecule has 8 nitrogen and oxygen atoms in total. The van der Waals surface area contributed by atoms with E-state index in [0.29, 0.717) is 29.1 Å². The normalized spacial score (nSPS) is 11.0. The van der Waals surface area contributed by atoms with Gasteiger partial charge in [0.15, 0.2) is 11.2 Å². The molecule has 3 aromatic rings. The molecule has 0 aliphatic carbocycles. The van der Waals surface area contributed by atoms with Crippen molar-refractivity contribution in [1.82, 2.24) is 19.1 Å². The molecule has 0 saturated heterocycles. The van der Waals surface area contributed by atoms with Crippen molar-refractivity contribution in [3.8, 4) is 11.5 Å². The molecular weight excluding hydrogens is 324 g/mol. The first-order valence-corrected chi connectivity index (χ1v) is 7.89. The number of methoxy groups -OCH3 is 2. The second-order valence-corrected chi connectivity index (χ2v) is 5.64. The summed E-state index contributed by atoms with van der Waals surface area (Å²) in [6.07, 6.45) is 0.657. The van der Waals surface area contributed by atoms with E-state index in [1.54, 1.807) is 38.0 Å². The topological polar surface area (TPSA) is 91.1 Å². The fourth-order valence-corrected chi connectivity index (χ4v) is 2.91. The Morgan fingerprint density at radius 3 is 2.60 bits per heavy atom. The average Bonchev–Trinajstić information content (AvgIpc) is 2.95. The molecule has 0 bridgehead atoms. The Bertz CT molecular complexity index is 1050. The summed E-state index contributed by atoms with van der Waals surface area (Å²) in [5.41, 5.74) is 0.584. The molecular formula is C17H20N4O4. The lowest BCUT2D eigenvalue weighted by Gasteiger charge is -2.12. The van der Waals surface area contributed by atoms with Gasteiger partial charge in [-0.3, -0.25) is 14.3 Å². The zero-order valence-electron chi connectivity index (χ0n) is 14.6. The van der Waals surface area contributed by atoms with E-state index in [1.165, 1.54) is 4.57 Å². The van der Waals surface area contributed by atoms with E-state index in [-0.39, 0.29) is 6.54 Å². The van der Waals surface area contributed by atoms with Gasteiger partial charge in [0, 0.05) is 25.1 Å². The van der Waals surface area contributed by atoms with Gasteiger partial charge in [0.25, 0.3) is 5.56 Å². The van der Waals surface area contributed by atoms with Gasteiger partial charge in [-0.15, -0.1) is 0 Å². The molecule has 8 heteroatoms. The van der Waals surface area contributed by atoms with E-state index < -0.39 is 11.2 Å². The third-order valence-electron chi connectivity index (χ3n) is 4.24. The van der Waals surface area contributed by atoms with Gasteiger partial charge < -0.3 is 14.0 Å². The highest BCUT2D eigenvalue weighted by molar-refractivity contribution is 5.71. The highest BCUT2D eigenvalue weighted by Crippen LogP contribution is 2.25. The number of benzene rings is 1. The van der Waals surface area contributed by atoms with Crippen LogP contribution < -0.4 is 20.7 Å². The number of fused-ring (bicyclic) bond motifs is 1. The maximum absolute atomic E-state index is 12.4. The van der Waals surface area contributed by atoms with Gasteiger partial charge in [-0.2, -0.15) is 0 Å². The minimum Gasteiger partial charge on any atom is -0.497 e. The predicted molar refractivity (Wildman–Crippen MR) is 93.6 cm³/mol. The summed E-state index contributed by atoms with van der Waals surface area (Å²) in [5, 5.41) is 0. The van der Waals surface area contributed by atoms with Crippen LogP contribution in [-0.2, 0) is 20.0 Å². The molecule has 0 amide bonds. The number of imidazole rings is 1. The van der Waals surface area contributed by atoms with E-state index >= 15 is 0 Å². The standard InChI is InChI=1S/C17H20N4O4/c1-5-13-18-15-14(20(13)2)16(22)19-17(23)21(15)9-10-6-7-11(24-3)8-12(10)25-4/h6-8H,5,9H2,1-4H3,(H,19,22,23). The van der Waals surface area contributed by atoms with Crippen molar-refractivity contribution in [1.29, 1.82) is 0 Å². The van der Waals surface area contributed by atoms with Crippen molar-refractivity contribution in [3.63, 3.8) is 0 Å². The second-order valence-electron chi connectivity index (χ2n) is 5.64. The molecule has 2 aromatic heterocycles. The van der Waals surface area contributed by atoms with Crippen LogP contribution >= 0.6 is 0 Å². The van der Waals surface area contributed by atoms with Crippen molar-refractivity contribution in [2.45, 2.75) is 19.9 Å². The molecule has 0 saturated carbocycles. The quantitative estimate of drug-likeness (QED) is 0.747. The molecule has 1 N–H and O–H groups in total. The maximum atomic E-state index is 12.4. The second kappa shape index (κ2) is 6.46. The predicted octanol–water partition coefficient (Wildman–Crippen LogP) is 1.05. The lowest BCUT2D eigenvalue weighted by molar-refractivity contribution is 0.390. The van der Waals surface area contributed by atoms with Gasteiger partial charge in [0.2, 0.25) is 0 Å². The van der Waals surface area contributed by atoms with Crippen molar-refractivity contribution in [2.24, 2.45) is 7.05 Å². The van der Waals surface area contributed by atoms with Crippen LogP contribution in [0.25, 0.3) is 11.2 Å². The number of aromatic nitrogens is 4. The lowest BCUT2D eigenvalue weighted by Crippen LogP contribution is -2.31. The molecule has 25 heavy (non-hydrogen) atoms. The van der Waals surface area contributed by atoms with Crippen molar-refractivity contribution >= 4 is 11.2 Å². The number of nitrogens with zero attached hydrogens (tertiary/aromatic N) is 3. The maximum Gasteiger partial charge on any atom is 0.330 e. The van der Waals surface area contributed by atoms with E-state index in [2.05, 4.69) is 9.97 Å². The fraction of sp³-hybridized carbons (Fsp3) is 0.353. The molecule has 0 spiro atoms. The minimum absolute atomic E-state index is 0.222. The summed E-state index contributed by atoms with van der Waals surface area (Å²) in [5.74, 6) is 1.99. The highest BCUT2D eigenvalue weighted by Gasteiger charge is 2.17. The van der Waals surface area contributed by atoms with Crippen LogP contribution in [0.2, 0.25) is 0 Å². The first-order valence-electron chi connectivity index (χ1n) is 7.89. The zero-order chi connectivity index (χ0) is 18.1. The van der Waals surface area contributed by atoms with Gasteiger partial charge in [-0.25, -0.2) is 9.78 Å². The largest absolute Gasteiger partial charge is 0.497 e. The van der Waals surface area contributed by atoms with Crippen LogP contribution in [0.1, 0.15) is 18.3 Å². The van der Waals surface area contributed by atoms with Crippen LogP contribution in [0.3, 0.4) is 0 Å². The SMILES string of the molecule is CCc1nc2c(c(=O)[nH]c(=O)n2Cc2ccc(OC)cc2OC)n1C. The van der Waals surface area contributed by atoms with Gasteiger partial charge in [0.1, 0.15) is 17.3 Å². The first kappa shape index (κ1) is 16.8. The Labute approximate surface area is 143 Å². The average molecular weight is 344 g/mol. The Morgan fingerprint density at radius 2 is 1.96 bits per heavy atom. The molecule has 0 aliphatic heterocycles. The van der Waals surface area contributed by atoms with E-state index in [1.807, 2.05) is 13.0 Å². The Morgan fingerprint density at radius 1 is 1.20 bits per heavy atom. The van der Waals surface area contributed by atoms with Crippen LogP contribution in [-0.4, -0.2) is 33.3 Å². The number of ether oxygens (including phenoxy) is 2. The van der Waals surface area contributed by atoms with Gasteiger partial charge in [-0.1, -0.05) is 6.92 Å². The van der Waals surface area contributed by atoms with Crippen LogP contribution in [0.15, 0.2) is 27.8 Å². The molecule has 0 atom stereocenters. The number of H-pyrrole nitrogens is 1. The molecule has 0 unspecified atom stereocenters. The third-order valence-corrected chi connectivity index (χ3v) is 4.24. The summed E-state index contributed by atoms with van der Waals surface area (Å²) < 4.78 is 13.7. The Kier molecular flexibility index (Phi) is 4.35. The number of nitrogens with one attached hydrogen (secondary N) is 1.